The van der Waals surface area contributed by atoms with Gasteiger partial charge in [-0.3, -0.25) is 0 Å². The lowest BCUT2D eigenvalue weighted by Gasteiger charge is -2.00. The van der Waals surface area contributed by atoms with E-state index in [2.05, 4.69) is 40.8 Å². The van der Waals surface area contributed by atoms with E-state index in [0.717, 1.165) is 22.3 Å². The summed E-state index contributed by atoms with van der Waals surface area (Å²) >= 11 is 5.88. The molecule has 0 fully saturated rings. The molecule has 0 aliphatic carbocycles. The van der Waals surface area contributed by atoms with Gasteiger partial charge in [-0.2, -0.15) is 0 Å². The third-order valence-electron chi connectivity index (χ3n) is 3.07. The van der Waals surface area contributed by atoms with Crippen LogP contribution in [0.5, 0.6) is 0 Å². The number of carbonyl (C=O) groups is 1. The van der Waals surface area contributed by atoms with Crippen LogP contribution in [0.3, 0.4) is 0 Å². The molecule has 2 aliphatic heterocycles. The lowest BCUT2D eigenvalue weighted by Crippen LogP contribution is -2.21. The number of hydrogen-bond donors (Lipinski definition) is 0. The van der Waals surface area contributed by atoms with Gasteiger partial charge in [0.25, 0.3) is 4.38 Å². The fourth-order valence-corrected chi connectivity index (χ4v) is 5.44. The summed E-state index contributed by atoms with van der Waals surface area (Å²) in [5, 5.41) is 0.572. The Labute approximate surface area is 134 Å². The maximum absolute atomic E-state index is 12.3. The van der Waals surface area contributed by atoms with Crippen LogP contribution in [0, 0.1) is 0 Å². The van der Waals surface area contributed by atoms with E-state index in [1.54, 1.807) is 11.8 Å². The topological polar surface area (TPSA) is 20.1 Å². The average Bonchev–Trinajstić information content (AvgIpc) is 2.97. The van der Waals surface area contributed by atoms with E-state index in [-0.39, 0.29) is 5.91 Å². The Bertz CT molecular complexity index is 568. The molecule has 0 N–H and O–H groups in total. The van der Waals surface area contributed by atoms with Gasteiger partial charge in [0, 0.05) is 4.43 Å². The number of rotatable bonds is 3. The molecule has 2 heterocycles. The van der Waals surface area contributed by atoms with Crippen molar-refractivity contribution in [3.05, 3.63) is 46.9 Å². The molecule has 1 aromatic rings. The monoisotopic (exact) mass is 402 g/mol. The molecule has 1 atom stereocenters. The fourth-order valence-electron chi connectivity index (χ4n) is 2.07. The number of carbonyl (C=O) groups excluding carboxylic acids is 1. The predicted molar refractivity (Wildman–Crippen MR) is 91.2 cm³/mol. The summed E-state index contributed by atoms with van der Waals surface area (Å²) in [4.78, 5) is 13.2. The Balaban J connectivity index is 1.69. The molecule has 0 aromatic heterocycles. The van der Waals surface area contributed by atoms with Crippen LogP contribution in [0.1, 0.15) is 5.56 Å². The highest BCUT2D eigenvalue weighted by Crippen LogP contribution is 2.39. The van der Waals surface area contributed by atoms with Crippen molar-refractivity contribution >= 4 is 56.4 Å². The van der Waals surface area contributed by atoms with Crippen molar-refractivity contribution in [3.8, 4) is 0 Å². The lowest BCUT2D eigenvalue weighted by atomic mass is 10.1. The highest BCUT2D eigenvalue weighted by atomic mass is 127. The number of thioether (sulfide) groups is 2. The summed E-state index contributed by atoms with van der Waals surface area (Å²) in [6, 6.07) is 10.3. The van der Waals surface area contributed by atoms with Crippen LogP contribution in [0.15, 0.2) is 41.3 Å². The molecule has 1 amide bonds. The van der Waals surface area contributed by atoms with Gasteiger partial charge < -0.3 is 0 Å². The molecule has 5 heteroatoms. The second kappa shape index (κ2) is 6.01. The van der Waals surface area contributed by atoms with Gasteiger partial charge in [-0.1, -0.05) is 59.0 Å². The first kappa shape index (κ1) is 13.7. The van der Waals surface area contributed by atoms with Crippen LogP contribution in [-0.2, 0) is 11.2 Å². The Morgan fingerprint density at radius 2 is 2.16 bits per heavy atom. The molecule has 3 rings (SSSR count). The van der Waals surface area contributed by atoms with Gasteiger partial charge in [0.1, 0.15) is 4.91 Å². The third-order valence-corrected chi connectivity index (χ3v) is 7.29. The normalized spacial score (nSPS) is 24.4. The van der Waals surface area contributed by atoms with Gasteiger partial charge in [0.2, 0.25) is 0 Å². The molecular weight excluding hydrogens is 389 g/mol. The zero-order valence-corrected chi connectivity index (χ0v) is 14.0. The first-order valence-corrected chi connectivity index (χ1v) is 9.33. The molecule has 19 heavy (non-hydrogen) atoms. The van der Waals surface area contributed by atoms with Gasteiger partial charge in [-0.15, -0.1) is 4.58 Å². The molecule has 0 saturated heterocycles. The SMILES string of the molecule is O=C1/C(=C/Cc2ccccc2)SC2=[N+]1C[C@H](CI)S2. The quantitative estimate of drug-likeness (QED) is 0.335. The zero-order valence-electron chi connectivity index (χ0n) is 10.2. The van der Waals surface area contributed by atoms with E-state index in [0.29, 0.717) is 5.25 Å². The van der Waals surface area contributed by atoms with Crippen LogP contribution in [0.2, 0.25) is 0 Å². The molecular formula is C14H13INOS2+. The number of hydrogen-bond acceptors (Lipinski definition) is 3. The second-order valence-corrected chi connectivity index (χ2v) is 7.89. The number of benzene rings is 1. The Hall–Kier alpha value is -0.270. The summed E-state index contributed by atoms with van der Waals surface area (Å²) in [6.45, 7) is 0.872. The van der Waals surface area contributed by atoms with Crippen molar-refractivity contribution in [2.75, 3.05) is 11.0 Å². The van der Waals surface area contributed by atoms with Crippen LogP contribution < -0.4 is 0 Å². The van der Waals surface area contributed by atoms with Crippen molar-refractivity contribution in [2.24, 2.45) is 0 Å². The number of amides is 1. The van der Waals surface area contributed by atoms with Crippen LogP contribution in [0.25, 0.3) is 0 Å². The van der Waals surface area contributed by atoms with Gasteiger partial charge in [-0.05, 0) is 35.5 Å². The van der Waals surface area contributed by atoms with E-state index < -0.39 is 0 Å². The first-order valence-electron chi connectivity index (χ1n) is 6.11. The molecule has 0 radical (unpaired) electrons. The minimum Gasteiger partial charge on any atom is -0.214 e. The minimum atomic E-state index is 0.191. The molecule has 0 spiro atoms. The molecule has 0 saturated carbocycles. The van der Waals surface area contributed by atoms with Gasteiger partial charge in [-0.25, -0.2) is 4.79 Å². The summed E-state index contributed by atoms with van der Waals surface area (Å²) in [5.74, 6) is 0.191. The van der Waals surface area contributed by atoms with Crippen molar-refractivity contribution in [1.82, 2.24) is 0 Å². The van der Waals surface area contributed by atoms with Crippen LogP contribution in [-0.4, -0.2) is 31.1 Å². The van der Waals surface area contributed by atoms with E-state index in [1.807, 2.05) is 34.5 Å². The first-order chi connectivity index (χ1) is 9.28. The van der Waals surface area contributed by atoms with Crippen molar-refractivity contribution in [3.63, 3.8) is 0 Å². The summed E-state index contributed by atoms with van der Waals surface area (Å²) < 4.78 is 4.21. The number of alkyl halides is 1. The summed E-state index contributed by atoms with van der Waals surface area (Å²) in [5.41, 5.74) is 1.25. The van der Waals surface area contributed by atoms with Crippen molar-refractivity contribution in [1.29, 1.82) is 0 Å². The summed E-state index contributed by atoms with van der Waals surface area (Å²) in [6.07, 6.45) is 2.89. The molecule has 98 valence electrons. The molecule has 0 bridgehead atoms. The highest BCUT2D eigenvalue weighted by molar-refractivity contribution is 14.1. The minimum absolute atomic E-state index is 0.191. The maximum Gasteiger partial charge on any atom is 0.427 e. The van der Waals surface area contributed by atoms with Crippen LogP contribution >= 0.6 is 46.1 Å². The smallest absolute Gasteiger partial charge is 0.214 e. The standard InChI is InChI=1S/C14H13INOS2/c15-8-11-9-16-13(17)12(19-14(16)18-11)7-6-10-4-2-1-3-5-10/h1-5,7,11H,6,8-9H2/q+1/b12-7-/t11-/m0/s1. The largest absolute Gasteiger partial charge is 0.427 e. The Morgan fingerprint density at radius 3 is 2.84 bits per heavy atom. The highest BCUT2D eigenvalue weighted by Gasteiger charge is 2.45. The van der Waals surface area contributed by atoms with Crippen molar-refractivity contribution < 1.29 is 9.37 Å². The Kier molecular flexibility index (Phi) is 4.34. The Morgan fingerprint density at radius 1 is 1.37 bits per heavy atom. The number of halogens is 1. The molecule has 2 nitrogen and oxygen atoms in total. The van der Waals surface area contributed by atoms with Crippen LogP contribution in [0.4, 0.5) is 0 Å². The van der Waals surface area contributed by atoms with Gasteiger partial charge >= 0.3 is 5.91 Å². The van der Waals surface area contributed by atoms with E-state index in [9.17, 15) is 4.79 Å². The lowest BCUT2D eigenvalue weighted by molar-refractivity contribution is -0.433. The third kappa shape index (κ3) is 2.92. The summed E-state index contributed by atoms with van der Waals surface area (Å²) in [7, 11) is 0. The average molecular weight is 402 g/mol. The van der Waals surface area contributed by atoms with Crippen molar-refractivity contribution in [2.45, 2.75) is 11.7 Å². The zero-order chi connectivity index (χ0) is 13.2. The van der Waals surface area contributed by atoms with E-state index in [1.165, 1.54) is 9.94 Å². The predicted octanol–water partition coefficient (Wildman–Crippen LogP) is 3.31. The van der Waals surface area contributed by atoms with E-state index in [4.69, 9.17) is 0 Å². The van der Waals surface area contributed by atoms with E-state index >= 15 is 0 Å². The number of nitrogens with zero attached hydrogens (tertiary/aromatic N) is 1. The fraction of sp³-hybridized carbons (Fsp3) is 0.286. The van der Waals surface area contributed by atoms with Gasteiger partial charge in [0.05, 0.1) is 5.25 Å². The molecule has 0 unspecified atom stereocenters. The van der Waals surface area contributed by atoms with Gasteiger partial charge in [0.15, 0.2) is 6.54 Å². The molecule has 1 aromatic carbocycles. The maximum atomic E-state index is 12.3. The number of allylic oxidation sites excluding steroid dienone is 1. The molecule has 2 aliphatic rings. The second-order valence-electron chi connectivity index (χ2n) is 4.44.